The van der Waals surface area contributed by atoms with Crippen molar-refractivity contribution in [2.24, 2.45) is 0 Å². The Labute approximate surface area is 381 Å². The van der Waals surface area contributed by atoms with Gasteiger partial charge in [-0.3, -0.25) is 4.57 Å². The molecule has 0 radical (unpaired) electrons. The van der Waals surface area contributed by atoms with E-state index in [0.29, 0.717) is 5.95 Å². The summed E-state index contributed by atoms with van der Waals surface area (Å²) in [4.78, 5) is 11.0. The van der Waals surface area contributed by atoms with Gasteiger partial charge in [0.25, 0.3) is 0 Å². The van der Waals surface area contributed by atoms with Gasteiger partial charge < -0.3 is 8.98 Å². The fraction of sp³-hybridized carbons (Fsp3) is 0.0333. The summed E-state index contributed by atoms with van der Waals surface area (Å²) in [5, 5.41) is 10.7. The van der Waals surface area contributed by atoms with Gasteiger partial charge in [-0.15, -0.1) is 11.3 Å². The Morgan fingerprint density at radius 1 is 0.500 bits per heavy atom. The number of thiophene rings is 1. The summed E-state index contributed by atoms with van der Waals surface area (Å²) in [5.41, 5.74) is 15.3. The first-order valence-electron chi connectivity index (χ1n) is 22.6. The lowest BCUT2D eigenvalue weighted by Gasteiger charge is -2.10. The van der Waals surface area contributed by atoms with Gasteiger partial charge in [0.2, 0.25) is 5.95 Å². The number of furan rings is 1. The van der Waals surface area contributed by atoms with E-state index in [-0.39, 0.29) is 0 Å². The minimum atomic E-state index is 0.648. The predicted octanol–water partition coefficient (Wildman–Crippen LogP) is 16.4. The summed E-state index contributed by atoms with van der Waals surface area (Å²) < 4.78 is 13.9. The van der Waals surface area contributed by atoms with Crippen molar-refractivity contribution in [3.63, 3.8) is 0 Å². The minimum absolute atomic E-state index is 0.648. The van der Waals surface area contributed by atoms with Crippen LogP contribution in [-0.2, 0) is 6.42 Å². The normalized spacial score (nSPS) is 13.0. The van der Waals surface area contributed by atoms with E-state index in [2.05, 4.69) is 203 Å². The second kappa shape index (κ2) is 13.6. The van der Waals surface area contributed by atoms with Gasteiger partial charge in [0, 0.05) is 59.2 Å². The summed E-state index contributed by atoms with van der Waals surface area (Å²) in [6, 6.07) is 66.0. The molecular formula is C60H36N4OS. The number of hydrogen-bond donors (Lipinski definition) is 0. The Morgan fingerprint density at radius 2 is 1.20 bits per heavy atom. The van der Waals surface area contributed by atoms with Crippen LogP contribution in [0.25, 0.3) is 137 Å². The molecule has 0 N–H and O–H groups in total. The van der Waals surface area contributed by atoms with Crippen LogP contribution in [0.2, 0.25) is 0 Å². The van der Waals surface area contributed by atoms with E-state index < -0.39 is 0 Å². The maximum atomic E-state index is 6.90. The topological polar surface area (TPSA) is 48.8 Å². The molecule has 0 bridgehead atoms. The minimum Gasteiger partial charge on any atom is -0.456 e. The summed E-state index contributed by atoms with van der Waals surface area (Å²) in [7, 11) is 0. The van der Waals surface area contributed by atoms with Gasteiger partial charge in [-0.2, -0.15) is 0 Å². The lowest BCUT2D eigenvalue weighted by Crippen LogP contribution is -2.02. The molecule has 5 heterocycles. The number of aryl methyl sites for hydroxylation is 1. The molecule has 0 aliphatic heterocycles. The molecule has 308 valence electrons. The van der Waals surface area contributed by atoms with Crippen molar-refractivity contribution in [1.29, 1.82) is 0 Å². The number of benzene rings is 9. The van der Waals surface area contributed by atoms with E-state index in [0.717, 1.165) is 100 Å². The molecule has 1 aliphatic rings. The molecule has 0 unspecified atom stereocenters. The first kappa shape index (κ1) is 36.1. The summed E-state index contributed by atoms with van der Waals surface area (Å²) in [6.07, 6.45) is 6.47. The van der Waals surface area contributed by atoms with Crippen molar-refractivity contribution in [1.82, 2.24) is 19.1 Å². The first-order valence-corrected chi connectivity index (χ1v) is 23.4. The number of hydrogen-bond acceptors (Lipinski definition) is 4. The smallest absolute Gasteiger partial charge is 0.235 e. The van der Waals surface area contributed by atoms with Crippen LogP contribution in [0.5, 0.6) is 0 Å². The third kappa shape index (κ3) is 5.04. The molecule has 0 atom stereocenters. The highest BCUT2D eigenvalue weighted by Crippen LogP contribution is 2.46. The molecule has 0 saturated heterocycles. The molecule has 5 aromatic heterocycles. The van der Waals surface area contributed by atoms with E-state index in [1.54, 1.807) is 11.3 Å². The lowest BCUT2D eigenvalue weighted by molar-refractivity contribution is 0.662. The Balaban J connectivity index is 1.04. The van der Waals surface area contributed by atoms with Crippen LogP contribution in [0, 0.1) is 0 Å². The standard InChI is InChI=1S/C60H36N4OS/c1-3-15-37(16-4-1)56-59-57(43-21-11-12-22-52(43)66-59)62-60(61-56)64-48-29-26-39(34-46(48)54-50(64)31-32-51-55(54)44-27-23-36-14-8-10-20-42(36)58(44)65-51)38-25-28-47-45(33-38)53-41-19-9-7-13-35(41)24-30-49(53)63(47)40-17-5-2-6-18-40/h1-9,11-19,21-34H,10,20H2. The van der Waals surface area contributed by atoms with E-state index in [9.17, 15) is 0 Å². The van der Waals surface area contributed by atoms with Crippen molar-refractivity contribution < 1.29 is 4.42 Å². The Kier molecular flexibility index (Phi) is 7.43. The Morgan fingerprint density at radius 3 is 2.05 bits per heavy atom. The molecule has 66 heavy (non-hydrogen) atoms. The maximum Gasteiger partial charge on any atom is 0.235 e. The largest absolute Gasteiger partial charge is 0.456 e. The van der Waals surface area contributed by atoms with Crippen molar-refractivity contribution in [2.75, 3.05) is 0 Å². The van der Waals surface area contributed by atoms with Gasteiger partial charge in [0.15, 0.2) is 0 Å². The van der Waals surface area contributed by atoms with Crippen LogP contribution in [0.1, 0.15) is 17.5 Å². The van der Waals surface area contributed by atoms with E-state index in [1.807, 2.05) is 0 Å². The highest BCUT2D eigenvalue weighted by atomic mass is 32.1. The van der Waals surface area contributed by atoms with Crippen LogP contribution < -0.4 is 0 Å². The highest BCUT2D eigenvalue weighted by molar-refractivity contribution is 7.26. The molecule has 0 saturated carbocycles. The fourth-order valence-corrected chi connectivity index (χ4v) is 12.2. The third-order valence-corrected chi connectivity index (χ3v) is 15.2. The van der Waals surface area contributed by atoms with Crippen LogP contribution in [0.4, 0.5) is 0 Å². The average Bonchev–Trinajstić information content (AvgIpc) is 4.14. The fourth-order valence-electron chi connectivity index (χ4n) is 11.1. The van der Waals surface area contributed by atoms with Crippen molar-refractivity contribution in [2.45, 2.75) is 12.8 Å². The van der Waals surface area contributed by atoms with Gasteiger partial charge in [-0.1, -0.05) is 127 Å². The molecule has 0 spiro atoms. The molecule has 0 amide bonds. The number of rotatable bonds is 4. The van der Waals surface area contributed by atoms with Crippen LogP contribution in [0.15, 0.2) is 192 Å². The number of aromatic nitrogens is 4. The second-order valence-electron chi connectivity index (χ2n) is 17.6. The Hall–Kier alpha value is -8.32. The zero-order valence-corrected chi connectivity index (χ0v) is 36.3. The molecule has 6 heteroatoms. The van der Waals surface area contributed by atoms with Crippen molar-refractivity contribution in [3.8, 4) is 34.0 Å². The summed E-state index contributed by atoms with van der Waals surface area (Å²) >= 11 is 1.76. The van der Waals surface area contributed by atoms with Crippen molar-refractivity contribution in [3.05, 3.63) is 199 Å². The monoisotopic (exact) mass is 860 g/mol. The average molecular weight is 861 g/mol. The molecule has 9 aromatic carbocycles. The zero-order valence-electron chi connectivity index (χ0n) is 35.5. The first-order chi connectivity index (χ1) is 32.7. The van der Waals surface area contributed by atoms with Gasteiger partial charge in [-0.05, 0) is 107 Å². The predicted molar refractivity (Wildman–Crippen MR) is 277 cm³/mol. The molecule has 15 rings (SSSR count). The SMILES string of the molecule is C1=Cc2ccc3c(oc4ccc5c(c6cc(-c7ccc8c(c7)c7c9ccccc9ccc7n8-c7ccccc7)ccc6n5-c5nc(-c6ccccc6)c6sc7ccccc7c6n5)c43)c2CC1. The third-order valence-electron chi connectivity index (χ3n) is 14.0. The van der Waals surface area contributed by atoms with E-state index in [1.165, 1.54) is 48.4 Å². The van der Waals surface area contributed by atoms with E-state index >= 15 is 0 Å². The number of allylic oxidation sites excluding steroid dienone is 1. The van der Waals surface area contributed by atoms with Gasteiger partial charge in [-0.25, -0.2) is 9.97 Å². The van der Waals surface area contributed by atoms with E-state index in [4.69, 9.17) is 14.4 Å². The zero-order chi connectivity index (χ0) is 43.0. The Bertz CT molecular complexity index is 4400. The lowest BCUT2D eigenvalue weighted by atomic mass is 9.94. The van der Waals surface area contributed by atoms with Gasteiger partial charge >= 0.3 is 0 Å². The number of para-hydroxylation sites is 1. The molecule has 0 fully saturated rings. The second-order valence-corrected chi connectivity index (χ2v) is 18.6. The van der Waals surface area contributed by atoms with Gasteiger partial charge in [0.1, 0.15) is 11.2 Å². The van der Waals surface area contributed by atoms with Crippen LogP contribution in [0.3, 0.4) is 0 Å². The van der Waals surface area contributed by atoms with Crippen LogP contribution in [-0.4, -0.2) is 19.1 Å². The maximum absolute atomic E-state index is 6.90. The highest BCUT2D eigenvalue weighted by Gasteiger charge is 2.25. The van der Waals surface area contributed by atoms with Gasteiger partial charge in [0.05, 0.1) is 38.0 Å². The summed E-state index contributed by atoms with van der Waals surface area (Å²) in [6.45, 7) is 0. The number of nitrogens with zero attached hydrogens (tertiary/aromatic N) is 4. The number of fused-ring (bicyclic) bond motifs is 17. The van der Waals surface area contributed by atoms with Crippen molar-refractivity contribution >= 4 is 114 Å². The molecular weight excluding hydrogens is 825 g/mol. The van der Waals surface area contributed by atoms with Crippen LogP contribution >= 0.6 is 11.3 Å². The molecule has 14 aromatic rings. The molecule has 1 aliphatic carbocycles. The quantitative estimate of drug-likeness (QED) is 0.177. The summed E-state index contributed by atoms with van der Waals surface area (Å²) in [5.74, 6) is 0.648. The molecule has 5 nitrogen and oxygen atoms in total.